The molecular formula is C17H25NO2. The topological polar surface area (TPSA) is 49.3 Å². The number of carbonyl (C=O) groups is 1. The van der Waals surface area contributed by atoms with Gasteiger partial charge in [-0.15, -0.1) is 0 Å². The molecule has 1 aliphatic rings. The molecule has 110 valence electrons. The van der Waals surface area contributed by atoms with Crippen molar-refractivity contribution in [1.82, 2.24) is 5.32 Å². The van der Waals surface area contributed by atoms with Crippen molar-refractivity contribution in [3.05, 3.63) is 35.9 Å². The van der Waals surface area contributed by atoms with E-state index < -0.39 is 5.60 Å². The van der Waals surface area contributed by atoms with Crippen LogP contribution in [0.25, 0.3) is 0 Å². The lowest BCUT2D eigenvalue weighted by molar-refractivity contribution is -0.124. The number of benzene rings is 1. The van der Waals surface area contributed by atoms with Gasteiger partial charge in [0, 0.05) is 6.54 Å². The van der Waals surface area contributed by atoms with Crippen LogP contribution < -0.4 is 5.32 Å². The van der Waals surface area contributed by atoms with Gasteiger partial charge in [-0.3, -0.25) is 4.79 Å². The van der Waals surface area contributed by atoms with E-state index in [-0.39, 0.29) is 11.8 Å². The zero-order valence-electron chi connectivity index (χ0n) is 12.4. The first-order valence-electron chi connectivity index (χ1n) is 7.55. The van der Waals surface area contributed by atoms with Crippen LogP contribution in [0.1, 0.15) is 51.0 Å². The standard InChI is InChI=1S/C17H25NO2/c1-13-7-6-10-17(20,11-13)12-18-16(19)14(2)15-8-4-3-5-9-15/h3-5,8-9,13-14,20H,6-7,10-12H2,1-2H3,(H,18,19). The molecule has 1 aromatic carbocycles. The summed E-state index contributed by atoms with van der Waals surface area (Å²) in [4.78, 5) is 12.2. The minimum Gasteiger partial charge on any atom is -0.388 e. The quantitative estimate of drug-likeness (QED) is 0.887. The first-order chi connectivity index (χ1) is 9.50. The second-order valence-corrected chi connectivity index (χ2v) is 6.28. The summed E-state index contributed by atoms with van der Waals surface area (Å²) >= 11 is 0. The molecule has 3 unspecified atom stereocenters. The monoisotopic (exact) mass is 275 g/mol. The van der Waals surface area contributed by atoms with Gasteiger partial charge < -0.3 is 10.4 Å². The predicted molar refractivity (Wildman–Crippen MR) is 80.4 cm³/mol. The van der Waals surface area contributed by atoms with E-state index in [1.807, 2.05) is 37.3 Å². The molecule has 0 radical (unpaired) electrons. The summed E-state index contributed by atoms with van der Waals surface area (Å²) < 4.78 is 0. The molecule has 1 aliphatic carbocycles. The van der Waals surface area contributed by atoms with Crippen molar-refractivity contribution >= 4 is 5.91 Å². The molecule has 2 rings (SSSR count). The maximum atomic E-state index is 12.2. The molecule has 0 aliphatic heterocycles. The average molecular weight is 275 g/mol. The minimum absolute atomic E-state index is 0.0112. The van der Waals surface area contributed by atoms with Crippen LogP contribution in [0.4, 0.5) is 0 Å². The minimum atomic E-state index is -0.719. The summed E-state index contributed by atoms with van der Waals surface area (Å²) in [7, 11) is 0. The molecule has 3 nitrogen and oxygen atoms in total. The van der Waals surface area contributed by atoms with E-state index in [1.165, 1.54) is 6.42 Å². The summed E-state index contributed by atoms with van der Waals surface area (Å²) in [5.74, 6) is 0.348. The van der Waals surface area contributed by atoms with Gasteiger partial charge in [0.15, 0.2) is 0 Å². The average Bonchev–Trinajstić information content (AvgIpc) is 2.45. The summed E-state index contributed by atoms with van der Waals surface area (Å²) in [5, 5.41) is 13.5. The van der Waals surface area contributed by atoms with E-state index in [0.717, 1.165) is 24.8 Å². The molecule has 0 heterocycles. The summed E-state index contributed by atoms with van der Waals surface area (Å²) in [6.45, 7) is 4.43. The smallest absolute Gasteiger partial charge is 0.227 e. The van der Waals surface area contributed by atoms with Gasteiger partial charge >= 0.3 is 0 Å². The second-order valence-electron chi connectivity index (χ2n) is 6.28. The first kappa shape index (κ1) is 15.0. The Kier molecular flexibility index (Phi) is 4.81. The van der Waals surface area contributed by atoms with Crippen molar-refractivity contribution in [3.8, 4) is 0 Å². The largest absolute Gasteiger partial charge is 0.388 e. The van der Waals surface area contributed by atoms with Gasteiger partial charge in [-0.1, -0.05) is 50.1 Å². The Morgan fingerprint density at radius 1 is 1.45 bits per heavy atom. The highest BCUT2D eigenvalue weighted by molar-refractivity contribution is 5.83. The molecule has 1 saturated carbocycles. The van der Waals surface area contributed by atoms with Crippen LogP contribution in [0.2, 0.25) is 0 Å². The van der Waals surface area contributed by atoms with E-state index in [0.29, 0.717) is 12.5 Å². The van der Waals surface area contributed by atoms with Crippen LogP contribution >= 0.6 is 0 Å². The van der Waals surface area contributed by atoms with Crippen LogP contribution in [0.5, 0.6) is 0 Å². The highest BCUT2D eigenvalue weighted by Gasteiger charge is 2.33. The summed E-state index contributed by atoms with van der Waals surface area (Å²) in [5.41, 5.74) is 0.290. The van der Waals surface area contributed by atoms with Crippen molar-refractivity contribution in [3.63, 3.8) is 0 Å². The van der Waals surface area contributed by atoms with E-state index in [9.17, 15) is 9.90 Å². The fourth-order valence-electron chi connectivity index (χ4n) is 3.09. The Morgan fingerprint density at radius 3 is 2.80 bits per heavy atom. The van der Waals surface area contributed by atoms with Crippen molar-refractivity contribution < 1.29 is 9.90 Å². The number of aliphatic hydroxyl groups is 1. The van der Waals surface area contributed by atoms with Gasteiger partial charge in [-0.2, -0.15) is 0 Å². The number of amides is 1. The number of hydrogen-bond acceptors (Lipinski definition) is 2. The Hall–Kier alpha value is -1.35. The molecule has 3 atom stereocenters. The third-order valence-corrected chi connectivity index (χ3v) is 4.35. The fourth-order valence-corrected chi connectivity index (χ4v) is 3.09. The van der Waals surface area contributed by atoms with Gasteiger partial charge in [0.2, 0.25) is 5.91 Å². The van der Waals surface area contributed by atoms with Crippen LogP contribution in [0.3, 0.4) is 0 Å². The number of rotatable bonds is 4. The molecule has 20 heavy (non-hydrogen) atoms. The Morgan fingerprint density at radius 2 is 2.15 bits per heavy atom. The van der Waals surface area contributed by atoms with E-state index in [2.05, 4.69) is 12.2 Å². The molecule has 2 N–H and O–H groups in total. The number of hydrogen-bond donors (Lipinski definition) is 2. The fraction of sp³-hybridized carbons (Fsp3) is 0.588. The predicted octanol–water partition coefficient (Wildman–Crippen LogP) is 2.85. The lowest BCUT2D eigenvalue weighted by Gasteiger charge is -2.35. The van der Waals surface area contributed by atoms with E-state index in [1.54, 1.807) is 0 Å². The van der Waals surface area contributed by atoms with Gasteiger partial charge in [0.25, 0.3) is 0 Å². The zero-order chi connectivity index (χ0) is 14.6. The molecule has 1 amide bonds. The van der Waals surface area contributed by atoms with Gasteiger partial charge in [0.05, 0.1) is 11.5 Å². The number of carbonyl (C=O) groups excluding carboxylic acids is 1. The Labute approximate surface area is 121 Å². The summed E-state index contributed by atoms with van der Waals surface area (Å²) in [6.07, 6.45) is 3.79. The molecule has 1 fully saturated rings. The Bertz CT molecular complexity index is 446. The van der Waals surface area contributed by atoms with Crippen molar-refractivity contribution in [2.45, 2.75) is 51.0 Å². The van der Waals surface area contributed by atoms with Gasteiger partial charge in [-0.25, -0.2) is 0 Å². The Balaban J connectivity index is 1.89. The molecule has 0 aromatic heterocycles. The maximum absolute atomic E-state index is 12.2. The van der Waals surface area contributed by atoms with Gasteiger partial charge in [0.1, 0.15) is 0 Å². The third-order valence-electron chi connectivity index (χ3n) is 4.35. The van der Waals surface area contributed by atoms with Crippen molar-refractivity contribution in [2.75, 3.05) is 6.54 Å². The van der Waals surface area contributed by atoms with Crippen LogP contribution in [0, 0.1) is 5.92 Å². The lowest BCUT2D eigenvalue weighted by Crippen LogP contribution is -2.46. The van der Waals surface area contributed by atoms with E-state index in [4.69, 9.17) is 0 Å². The first-order valence-corrected chi connectivity index (χ1v) is 7.55. The zero-order valence-corrected chi connectivity index (χ0v) is 12.4. The highest BCUT2D eigenvalue weighted by atomic mass is 16.3. The summed E-state index contributed by atoms with van der Waals surface area (Å²) in [6, 6.07) is 9.74. The van der Waals surface area contributed by atoms with Crippen molar-refractivity contribution in [2.24, 2.45) is 5.92 Å². The molecule has 0 spiro atoms. The number of nitrogens with one attached hydrogen (secondary N) is 1. The van der Waals surface area contributed by atoms with Crippen LogP contribution in [-0.4, -0.2) is 23.2 Å². The van der Waals surface area contributed by atoms with Crippen LogP contribution in [-0.2, 0) is 4.79 Å². The molecular weight excluding hydrogens is 250 g/mol. The second kappa shape index (κ2) is 6.40. The van der Waals surface area contributed by atoms with Crippen molar-refractivity contribution in [1.29, 1.82) is 0 Å². The normalized spacial score (nSPS) is 27.9. The lowest BCUT2D eigenvalue weighted by atomic mass is 9.79. The molecule has 1 aromatic rings. The van der Waals surface area contributed by atoms with E-state index >= 15 is 0 Å². The van der Waals surface area contributed by atoms with Crippen LogP contribution in [0.15, 0.2) is 30.3 Å². The highest BCUT2D eigenvalue weighted by Crippen LogP contribution is 2.31. The SMILES string of the molecule is CC1CCCC(O)(CNC(=O)C(C)c2ccccc2)C1. The van der Waals surface area contributed by atoms with Gasteiger partial charge in [-0.05, 0) is 31.2 Å². The molecule has 3 heteroatoms. The third kappa shape index (κ3) is 3.83. The molecule has 0 saturated heterocycles. The molecule has 0 bridgehead atoms. The maximum Gasteiger partial charge on any atom is 0.227 e.